The lowest BCUT2D eigenvalue weighted by Crippen LogP contribution is -2.35. The second kappa shape index (κ2) is 6.36. The van der Waals surface area contributed by atoms with Gasteiger partial charge in [-0.2, -0.15) is 0 Å². The normalized spacial score (nSPS) is 14.8. The van der Waals surface area contributed by atoms with Crippen LogP contribution in [0, 0.1) is 5.82 Å². The fourth-order valence-electron chi connectivity index (χ4n) is 1.68. The Hall–Kier alpha value is -0.410. The highest BCUT2D eigenvalue weighted by Crippen LogP contribution is 2.17. The van der Waals surface area contributed by atoms with E-state index in [4.69, 9.17) is 0 Å². The molecule has 0 aromatic heterocycles. The van der Waals surface area contributed by atoms with Crippen molar-refractivity contribution in [2.24, 2.45) is 0 Å². The molecular weight excluding hydrogens is 269 g/mol. The van der Waals surface area contributed by atoms with Gasteiger partial charge < -0.3 is 5.32 Å². The molecule has 0 amide bonds. The summed E-state index contributed by atoms with van der Waals surface area (Å²) in [5, 5.41) is 3.50. The molecule has 0 heterocycles. The third kappa shape index (κ3) is 4.22. The smallest absolute Gasteiger partial charge is 0.137 e. The van der Waals surface area contributed by atoms with E-state index in [9.17, 15) is 4.39 Å². The Labute approximate surface area is 106 Å². The molecule has 0 saturated carbocycles. The zero-order chi connectivity index (χ0) is 12.1. The second-order valence-corrected chi connectivity index (χ2v) is 5.18. The van der Waals surface area contributed by atoms with Crippen molar-refractivity contribution in [2.45, 2.75) is 45.7 Å². The average Bonchev–Trinajstić information content (AvgIpc) is 2.23. The van der Waals surface area contributed by atoms with E-state index in [1.165, 1.54) is 6.07 Å². The zero-order valence-electron chi connectivity index (χ0n) is 10.1. The molecule has 1 aromatic carbocycles. The quantitative estimate of drug-likeness (QED) is 0.866. The molecule has 3 heteroatoms. The summed E-state index contributed by atoms with van der Waals surface area (Å²) in [6.07, 6.45) is 2.04. The molecule has 0 saturated heterocycles. The van der Waals surface area contributed by atoms with Gasteiger partial charge in [0.1, 0.15) is 5.82 Å². The maximum absolute atomic E-state index is 13.0. The van der Waals surface area contributed by atoms with Crippen LogP contribution in [0.25, 0.3) is 0 Å². The molecule has 0 aliphatic rings. The van der Waals surface area contributed by atoms with E-state index >= 15 is 0 Å². The predicted octanol–water partition coefficient (Wildman–Crippen LogP) is 3.91. The number of halogens is 2. The second-order valence-electron chi connectivity index (χ2n) is 4.33. The summed E-state index contributed by atoms with van der Waals surface area (Å²) < 4.78 is 13.6. The molecular formula is C13H19BrFN. The van der Waals surface area contributed by atoms with Crippen molar-refractivity contribution in [1.82, 2.24) is 5.32 Å². The highest BCUT2D eigenvalue weighted by atomic mass is 79.9. The van der Waals surface area contributed by atoms with Crippen molar-refractivity contribution in [3.05, 3.63) is 34.1 Å². The van der Waals surface area contributed by atoms with Gasteiger partial charge in [0, 0.05) is 12.1 Å². The maximum Gasteiger partial charge on any atom is 0.137 e. The fourth-order valence-corrected chi connectivity index (χ4v) is 2.11. The van der Waals surface area contributed by atoms with Gasteiger partial charge in [-0.15, -0.1) is 0 Å². The maximum atomic E-state index is 13.0. The molecule has 0 aliphatic heterocycles. The van der Waals surface area contributed by atoms with E-state index in [0.29, 0.717) is 16.6 Å². The molecule has 0 spiro atoms. The van der Waals surface area contributed by atoms with Gasteiger partial charge in [0.05, 0.1) is 4.47 Å². The first-order valence-electron chi connectivity index (χ1n) is 5.73. The summed E-state index contributed by atoms with van der Waals surface area (Å²) in [6.45, 7) is 6.50. The minimum atomic E-state index is -0.203. The van der Waals surface area contributed by atoms with E-state index < -0.39 is 0 Å². The van der Waals surface area contributed by atoms with Crippen LogP contribution in [0.15, 0.2) is 22.7 Å². The number of rotatable bonds is 5. The largest absolute Gasteiger partial charge is 0.311 e. The summed E-state index contributed by atoms with van der Waals surface area (Å²) in [7, 11) is 0. The minimum absolute atomic E-state index is 0.203. The van der Waals surface area contributed by atoms with E-state index in [2.05, 4.69) is 42.0 Å². The Morgan fingerprint density at radius 3 is 2.56 bits per heavy atom. The minimum Gasteiger partial charge on any atom is -0.311 e. The lowest BCUT2D eigenvalue weighted by atomic mass is 10.1. The Morgan fingerprint density at radius 2 is 2.00 bits per heavy atom. The zero-order valence-corrected chi connectivity index (χ0v) is 11.6. The Balaban J connectivity index is 2.56. The summed E-state index contributed by atoms with van der Waals surface area (Å²) in [4.78, 5) is 0. The topological polar surface area (TPSA) is 12.0 Å². The van der Waals surface area contributed by atoms with Gasteiger partial charge >= 0.3 is 0 Å². The molecule has 16 heavy (non-hydrogen) atoms. The molecule has 2 unspecified atom stereocenters. The van der Waals surface area contributed by atoms with Crippen LogP contribution < -0.4 is 5.32 Å². The summed E-state index contributed by atoms with van der Waals surface area (Å²) in [5.74, 6) is -0.203. The van der Waals surface area contributed by atoms with Crippen molar-refractivity contribution < 1.29 is 4.39 Å². The Bertz CT molecular complexity index is 341. The molecule has 1 N–H and O–H groups in total. The number of hydrogen-bond donors (Lipinski definition) is 1. The molecule has 0 bridgehead atoms. The van der Waals surface area contributed by atoms with Crippen molar-refractivity contribution in [1.29, 1.82) is 0 Å². The van der Waals surface area contributed by atoms with Crippen LogP contribution in [0.4, 0.5) is 4.39 Å². The molecule has 1 aromatic rings. The first-order valence-corrected chi connectivity index (χ1v) is 6.52. The van der Waals surface area contributed by atoms with Crippen LogP contribution in [0.1, 0.15) is 32.8 Å². The lowest BCUT2D eigenvalue weighted by molar-refractivity contribution is 0.455. The summed E-state index contributed by atoms with van der Waals surface area (Å²) in [5.41, 5.74) is 1.15. The van der Waals surface area contributed by atoms with Gasteiger partial charge in [0.15, 0.2) is 0 Å². The van der Waals surface area contributed by atoms with Crippen molar-refractivity contribution in [3.8, 4) is 0 Å². The van der Waals surface area contributed by atoms with Crippen molar-refractivity contribution in [3.63, 3.8) is 0 Å². The summed E-state index contributed by atoms with van der Waals surface area (Å²) in [6, 6.07) is 6.14. The standard InChI is InChI=1S/C13H19BrFN/c1-4-9(2)16-10(3)7-11-5-6-13(15)12(14)8-11/h5-6,8-10,16H,4,7H2,1-3H3. The monoisotopic (exact) mass is 287 g/mol. The van der Waals surface area contributed by atoms with Crippen molar-refractivity contribution >= 4 is 15.9 Å². The van der Waals surface area contributed by atoms with E-state index in [1.807, 2.05) is 12.1 Å². The number of hydrogen-bond acceptors (Lipinski definition) is 1. The van der Waals surface area contributed by atoms with Crippen LogP contribution in [0.3, 0.4) is 0 Å². The van der Waals surface area contributed by atoms with Crippen LogP contribution in [-0.2, 0) is 6.42 Å². The third-order valence-corrected chi connectivity index (χ3v) is 3.32. The Morgan fingerprint density at radius 1 is 1.31 bits per heavy atom. The van der Waals surface area contributed by atoms with E-state index in [0.717, 1.165) is 18.4 Å². The number of benzene rings is 1. The third-order valence-electron chi connectivity index (χ3n) is 2.71. The van der Waals surface area contributed by atoms with Crippen molar-refractivity contribution in [2.75, 3.05) is 0 Å². The SMILES string of the molecule is CCC(C)NC(C)Cc1ccc(F)c(Br)c1. The lowest BCUT2D eigenvalue weighted by Gasteiger charge is -2.18. The molecule has 0 fully saturated rings. The molecule has 2 atom stereocenters. The Kier molecular flexibility index (Phi) is 5.42. The highest BCUT2D eigenvalue weighted by molar-refractivity contribution is 9.10. The van der Waals surface area contributed by atoms with Crippen LogP contribution in [0.5, 0.6) is 0 Å². The van der Waals surface area contributed by atoms with Crippen LogP contribution >= 0.6 is 15.9 Å². The molecule has 90 valence electrons. The molecule has 0 radical (unpaired) electrons. The van der Waals surface area contributed by atoms with Gasteiger partial charge in [0.2, 0.25) is 0 Å². The average molecular weight is 288 g/mol. The van der Waals surface area contributed by atoms with Crippen LogP contribution in [0.2, 0.25) is 0 Å². The molecule has 1 rings (SSSR count). The van der Waals surface area contributed by atoms with Gasteiger partial charge in [-0.1, -0.05) is 13.0 Å². The number of nitrogens with one attached hydrogen (secondary N) is 1. The predicted molar refractivity (Wildman–Crippen MR) is 70.2 cm³/mol. The van der Waals surface area contributed by atoms with Gasteiger partial charge in [-0.25, -0.2) is 4.39 Å². The first kappa shape index (κ1) is 13.7. The van der Waals surface area contributed by atoms with Crippen LogP contribution in [-0.4, -0.2) is 12.1 Å². The first-order chi connectivity index (χ1) is 7.52. The molecule has 1 nitrogen and oxygen atoms in total. The van der Waals surface area contributed by atoms with Gasteiger partial charge in [0.25, 0.3) is 0 Å². The summed E-state index contributed by atoms with van der Waals surface area (Å²) >= 11 is 3.21. The molecule has 0 aliphatic carbocycles. The highest BCUT2D eigenvalue weighted by Gasteiger charge is 2.08. The fraction of sp³-hybridized carbons (Fsp3) is 0.538. The van der Waals surface area contributed by atoms with Gasteiger partial charge in [-0.05, 0) is 60.3 Å². The van der Waals surface area contributed by atoms with E-state index in [-0.39, 0.29) is 5.82 Å². The van der Waals surface area contributed by atoms with E-state index in [1.54, 1.807) is 0 Å². The van der Waals surface area contributed by atoms with Gasteiger partial charge in [-0.3, -0.25) is 0 Å².